The van der Waals surface area contributed by atoms with Crippen molar-refractivity contribution in [2.24, 2.45) is 5.92 Å². The Kier molecular flexibility index (Phi) is 5.88. The van der Waals surface area contributed by atoms with Crippen molar-refractivity contribution in [1.82, 2.24) is 4.98 Å². The Bertz CT molecular complexity index is 558. The summed E-state index contributed by atoms with van der Waals surface area (Å²) in [6.07, 6.45) is 4.51. The number of hydrogen-bond acceptors (Lipinski definition) is 3. The smallest absolute Gasteiger partial charge is 0.120 e. The normalized spacial score (nSPS) is 10.7. The van der Waals surface area contributed by atoms with Crippen LogP contribution in [0.2, 0.25) is 5.02 Å². The molecular weight excluding hydrogens is 284 g/mol. The summed E-state index contributed by atoms with van der Waals surface area (Å²) in [6.45, 7) is 5.69. The zero-order valence-electron chi connectivity index (χ0n) is 12.5. The van der Waals surface area contributed by atoms with Crippen molar-refractivity contribution in [3.8, 4) is 5.75 Å². The number of halogens is 1. The Labute approximate surface area is 131 Å². The molecule has 0 atom stereocenters. The molecule has 3 nitrogen and oxygen atoms in total. The molecule has 0 saturated heterocycles. The Balaban J connectivity index is 1.79. The second-order valence-electron chi connectivity index (χ2n) is 5.36. The van der Waals surface area contributed by atoms with Crippen molar-refractivity contribution in [3.63, 3.8) is 0 Å². The maximum atomic E-state index is 6.28. The molecule has 2 rings (SSSR count). The van der Waals surface area contributed by atoms with Gasteiger partial charge in [0.2, 0.25) is 0 Å². The van der Waals surface area contributed by atoms with Crippen LogP contribution in [0.25, 0.3) is 0 Å². The van der Waals surface area contributed by atoms with Crippen LogP contribution in [0.4, 0.5) is 5.69 Å². The fourth-order valence-electron chi connectivity index (χ4n) is 2.06. The molecule has 1 N–H and O–H groups in total. The molecule has 0 bridgehead atoms. The molecule has 0 saturated carbocycles. The zero-order valence-corrected chi connectivity index (χ0v) is 13.2. The predicted octanol–water partition coefficient (Wildman–Crippen LogP) is 4.42. The molecule has 0 amide bonds. The van der Waals surface area contributed by atoms with Gasteiger partial charge in [-0.15, -0.1) is 0 Å². The minimum atomic E-state index is 0.585. The van der Waals surface area contributed by atoms with Crippen LogP contribution in [0.15, 0.2) is 42.7 Å². The third-order valence-electron chi connectivity index (χ3n) is 3.03. The number of anilines is 1. The number of rotatable bonds is 7. The zero-order chi connectivity index (χ0) is 15.1. The van der Waals surface area contributed by atoms with Gasteiger partial charge in [0.05, 0.1) is 0 Å². The number of nitrogens with zero attached hydrogens (tertiary/aromatic N) is 1. The predicted molar refractivity (Wildman–Crippen MR) is 88.2 cm³/mol. The van der Waals surface area contributed by atoms with Crippen LogP contribution in [0.3, 0.4) is 0 Å². The summed E-state index contributed by atoms with van der Waals surface area (Å²) in [7, 11) is 0. The van der Waals surface area contributed by atoms with Gasteiger partial charge in [0, 0.05) is 29.6 Å². The molecule has 112 valence electrons. The van der Waals surface area contributed by atoms with E-state index in [0.29, 0.717) is 12.5 Å². The number of hydrogen-bond donors (Lipinski definition) is 1. The van der Waals surface area contributed by atoms with E-state index in [1.54, 1.807) is 12.4 Å². The van der Waals surface area contributed by atoms with E-state index in [4.69, 9.17) is 16.3 Å². The maximum Gasteiger partial charge on any atom is 0.120 e. The van der Waals surface area contributed by atoms with Gasteiger partial charge in [-0.3, -0.25) is 4.98 Å². The Morgan fingerprint density at radius 3 is 2.62 bits per heavy atom. The van der Waals surface area contributed by atoms with Gasteiger partial charge in [-0.25, -0.2) is 0 Å². The molecule has 21 heavy (non-hydrogen) atoms. The van der Waals surface area contributed by atoms with Crippen molar-refractivity contribution in [3.05, 3.63) is 53.3 Å². The molecule has 0 unspecified atom stereocenters. The van der Waals surface area contributed by atoms with E-state index in [1.807, 2.05) is 30.3 Å². The summed E-state index contributed by atoms with van der Waals surface area (Å²) in [5.74, 6) is 1.41. The van der Waals surface area contributed by atoms with Crippen molar-refractivity contribution >= 4 is 17.3 Å². The van der Waals surface area contributed by atoms with Crippen molar-refractivity contribution < 1.29 is 4.74 Å². The largest absolute Gasteiger partial charge is 0.492 e. The van der Waals surface area contributed by atoms with Crippen LogP contribution in [0.1, 0.15) is 19.4 Å². The highest BCUT2D eigenvalue weighted by atomic mass is 35.5. The average Bonchev–Trinajstić information content (AvgIpc) is 2.47. The van der Waals surface area contributed by atoms with Crippen LogP contribution >= 0.6 is 11.6 Å². The number of ether oxygens (including phenoxy) is 1. The van der Waals surface area contributed by atoms with E-state index in [0.717, 1.165) is 29.4 Å². The Morgan fingerprint density at radius 2 is 1.95 bits per heavy atom. The lowest BCUT2D eigenvalue weighted by atomic mass is 10.0. The van der Waals surface area contributed by atoms with Gasteiger partial charge in [-0.05, 0) is 42.2 Å². The molecule has 0 fully saturated rings. The molecule has 0 spiro atoms. The molecule has 1 aromatic carbocycles. The first-order chi connectivity index (χ1) is 10.1. The summed E-state index contributed by atoms with van der Waals surface area (Å²) in [6, 6.07) is 9.78. The standard InChI is InChI=1S/C17H21ClN2O/c1-13(2)11-14-3-4-16(12-17(14)18)21-10-9-20-15-5-7-19-8-6-15/h3-8,12-13H,9-11H2,1-2H3,(H,19,20). The van der Waals surface area contributed by atoms with Gasteiger partial charge in [0.15, 0.2) is 0 Å². The molecular formula is C17H21ClN2O. The average molecular weight is 305 g/mol. The first kappa shape index (κ1) is 15.6. The van der Waals surface area contributed by atoms with E-state index in [2.05, 4.69) is 24.1 Å². The fourth-order valence-corrected chi connectivity index (χ4v) is 2.30. The summed E-state index contributed by atoms with van der Waals surface area (Å²) in [4.78, 5) is 3.97. The Morgan fingerprint density at radius 1 is 1.19 bits per heavy atom. The second-order valence-corrected chi connectivity index (χ2v) is 5.77. The van der Waals surface area contributed by atoms with Gasteiger partial charge >= 0.3 is 0 Å². The van der Waals surface area contributed by atoms with E-state index >= 15 is 0 Å². The molecule has 1 heterocycles. The minimum Gasteiger partial charge on any atom is -0.492 e. The Hall–Kier alpha value is -1.74. The quantitative estimate of drug-likeness (QED) is 0.769. The van der Waals surface area contributed by atoms with Gasteiger partial charge in [-0.2, -0.15) is 0 Å². The lowest BCUT2D eigenvalue weighted by molar-refractivity contribution is 0.333. The summed E-state index contributed by atoms with van der Waals surface area (Å²) < 4.78 is 5.71. The molecule has 2 aromatic rings. The molecule has 0 aliphatic heterocycles. The van der Waals surface area contributed by atoms with E-state index < -0.39 is 0 Å². The summed E-state index contributed by atoms with van der Waals surface area (Å²) in [5, 5.41) is 4.05. The van der Waals surface area contributed by atoms with Crippen LogP contribution < -0.4 is 10.1 Å². The fraction of sp³-hybridized carbons (Fsp3) is 0.353. The van der Waals surface area contributed by atoms with Crippen molar-refractivity contribution in [2.75, 3.05) is 18.5 Å². The molecule has 0 aliphatic rings. The van der Waals surface area contributed by atoms with E-state index in [-0.39, 0.29) is 0 Å². The highest BCUT2D eigenvalue weighted by Crippen LogP contribution is 2.24. The van der Waals surface area contributed by atoms with Gasteiger partial charge in [0.25, 0.3) is 0 Å². The summed E-state index contributed by atoms with van der Waals surface area (Å²) in [5.41, 5.74) is 2.22. The van der Waals surface area contributed by atoms with Crippen LogP contribution in [0, 0.1) is 5.92 Å². The number of pyridine rings is 1. The monoisotopic (exact) mass is 304 g/mol. The van der Waals surface area contributed by atoms with Gasteiger partial charge < -0.3 is 10.1 Å². The van der Waals surface area contributed by atoms with Crippen LogP contribution in [-0.2, 0) is 6.42 Å². The van der Waals surface area contributed by atoms with Gasteiger partial charge in [0.1, 0.15) is 12.4 Å². The first-order valence-electron chi connectivity index (χ1n) is 7.20. The molecule has 0 aliphatic carbocycles. The molecule has 1 aromatic heterocycles. The number of aromatic nitrogens is 1. The topological polar surface area (TPSA) is 34.1 Å². The number of benzene rings is 1. The highest BCUT2D eigenvalue weighted by molar-refractivity contribution is 6.31. The second kappa shape index (κ2) is 7.89. The van der Waals surface area contributed by atoms with E-state index in [1.165, 1.54) is 5.56 Å². The third kappa shape index (κ3) is 5.27. The summed E-state index contributed by atoms with van der Waals surface area (Å²) >= 11 is 6.28. The molecule has 4 heteroatoms. The maximum absolute atomic E-state index is 6.28. The minimum absolute atomic E-state index is 0.585. The third-order valence-corrected chi connectivity index (χ3v) is 3.38. The van der Waals surface area contributed by atoms with E-state index in [9.17, 15) is 0 Å². The SMILES string of the molecule is CC(C)Cc1ccc(OCCNc2ccncc2)cc1Cl. The van der Waals surface area contributed by atoms with Crippen molar-refractivity contribution in [2.45, 2.75) is 20.3 Å². The van der Waals surface area contributed by atoms with Crippen molar-refractivity contribution in [1.29, 1.82) is 0 Å². The molecule has 0 radical (unpaired) electrons. The van der Waals surface area contributed by atoms with Crippen LogP contribution in [-0.4, -0.2) is 18.1 Å². The van der Waals surface area contributed by atoms with Gasteiger partial charge in [-0.1, -0.05) is 31.5 Å². The van der Waals surface area contributed by atoms with Crippen LogP contribution in [0.5, 0.6) is 5.75 Å². The highest BCUT2D eigenvalue weighted by Gasteiger charge is 2.05. The lowest BCUT2D eigenvalue weighted by Gasteiger charge is -2.11. The lowest BCUT2D eigenvalue weighted by Crippen LogP contribution is -2.11. The number of nitrogens with one attached hydrogen (secondary N) is 1. The first-order valence-corrected chi connectivity index (χ1v) is 7.58.